The molecule has 0 spiro atoms. The molecule has 0 fully saturated rings. The molecule has 1 N–H and O–H groups in total. The summed E-state index contributed by atoms with van der Waals surface area (Å²) in [5.41, 5.74) is 3.88. The molecule has 122 valence electrons. The molecule has 0 unspecified atom stereocenters. The molecule has 1 aliphatic heterocycles. The van der Waals surface area contributed by atoms with E-state index < -0.39 is 0 Å². The second-order valence-corrected chi connectivity index (χ2v) is 6.10. The van der Waals surface area contributed by atoms with Crippen LogP contribution in [-0.2, 0) is 0 Å². The van der Waals surface area contributed by atoms with Gasteiger partial charge >= 0.3 is 0 Å². The van der Waals surface area contributed by atoms with Gasteiger partial charge in [0.15, 0.2) is 0 Å². The van der Waals surface area contributed by atoms with E-state index in [4.69, 9.17) is 29.2 Å². The van der Waals surface area contributed by atoms with Gasteiger partial charge in [0.2, 0.25) is 0 Å². The van der Waals surface area contributed by atoms with Gasteiger partial charge in [-0.3, -0.25) is 0 Å². The van der Waals surface area contributed by atoms with Crippen molar-refractivity contribution >= 4 is 45.7 Å². The quantitative estimate of drug-likeness (QED) is 0.797. The maximum absolute atomic E-state index is 5.67. The molecule has 0 bridgehead atoms. The van der Waals surface area contributed by atoms with Crippen molar-refractivity contribution in [1.29, 1.82) is 0 Å². The highest BCUT2D eigenvalue weighted by Gasteiger charge is 2.32. The van der Waals surface area contributed by atoms with E-state index in [1.807, 2.05) is 47.4 Å². The van der Waals surface area contributed by atoms with Crippen LogP contribution in [0, 0.1) is 0 Å². The lowest BCUT2D eigenvalue weighted by atomic mass is 10.1. The van der Waals surface area contributed by atoms with Gasteiger partial charge in [0.05, 0.1) is 12.8 Å². The van der Waals surface area contributed by atoms with Crippen LogP contribution in [0.3, 0.4) is 0 Å². The van der Waals surface area contributed by atoms with Crippen LogP contribution in [0.2, 0.25) is 0 Å². The van der Waals surface area contributed by atoms with Gasteiger partial charge in [-0.2, -0.15) is 0 Å². The van der Waals surface area contributed by atoms with E-state index in [2.05, 4.69) is 24.4 Å². The third-order valence-electron chi connectivity index (χ3n) is 3.91. The van der Waals surface area contributed by atoms with Crippen LogP contribution in [0.1, 0.15) is 12.5 Å². The Balaban J connectivity index is 2.03. The summed E-state index contributed by atoms with van der Waals surface area (Å²) in [7, 11) is 1.65. The Hall–Kier alpha value is -2.24. The van der Waals surface area contributed by atoms with Crippen molar-refractivity contribution in [2.24, 2.45) is 0 Å². The first kappa shape index (κ1) is 16.6. The minimum atomic E-state index is 0.733. The summed E-state index contributed by atoms with van der Waals surface area (Å²) in [5.74, 6) is 0.817. The molecule has 0 aromatic heterocycles. The van der Waals surface area contributed by atoms with E-state index >= 15 is 0 Å². The number of benzene rings is 2. The molecular weight excluding hydrogens is 336 g/mol. The van der Waals surface area contributed by atoms with Gasteiger partial charge in [-0.05, 0) is 36.8 Å². The van der Waals surface area contributed by atoms with Gasteiger partial charge in [0.1, 0.15) is 15.7 Å². The smallest absolute Gasteiger partial charge is 0.131 e. The van der Waals surface area contributed by atoms with E-state index in [0.717, 1.165) is 44.8 Å². The van der Waals surface area contributed by atoms with Crippen molar-refractivity contribution in [1.82, 2.24) is 4.90 Å². The number of nitrogens with one attached hydrogen (secondary N) is 1. The normalized spacial score (nSPS) is 14.3. The summed E-state index contributed by atoms with van der Waals surface area (Å²) in [6.45, 7) is 2.80. The zero-order valence-electron chi connectivity index (χ0n) is 13.6. The maximum Gasteiger partial charge on any atom is 0.131 e. The first-order chi connectivity index (χ1) is 11.7. The van der Waals surface area contributed by atoms with Crippen molar-refractivity contribution < 1.29 is 4.74 Å². The standard InChI is InChI=1S/C19H18N2OS2/c1-3-21-18(23)16(13-7-5-4-6-8-13)17(19(21)24)20-14-9-11-15(22-2)12-10-14/h4-12,20H,3H2,1-2H3. The Bertz CT molecular complexity index is 798. The number of rotatable bonds is 5. The summed E-state index contributed by atoms with van der Waals surface area (Å²) < 4.78 is 5.21. The lowest BCUT2D eigenvalue weighted by Gasteiger charge is -2.17. The van der Waals surface area contributed by atoms with E-state index in [9.17, 15) is 0 Å². The summed E-state index contributed by atoms with van der Waals surface area (Å²) in [5, 5.41) is 3.44. The van der Waals surface area contributed by atoms with Crippen LogP contribution in [-0.4, -0.2) is 28.5 Å². The molecule has 2 aromatic rings. The van der Waals surface area contributed by atoms with Crippen LogP contribution in [0.25, 0.3) is 5.57 Å². The predicted molar refractivity (Wildman–Crippen MR) is 108 cm³/mol. The summed E-state index contributed by atoms with van der Waals surface area (Å²) in [6.07, 6.45) is 0. The first-order valence-electron chi connectivity index (χ1n) is 7.72. The summed E-state index contributed by atoms with van der Waals surface area (Å²) in [6, 6.07) is 17.9. The molecule has 0 aliphatic carbocycles. The Labute approximate surface area is 152 Å². The second kappa shape index (κ2) is 7.11. The zero-order valence-corrected chi connectivity index (χ0v) is 15.2. The molecule has 3 nitrogen and oxygen atoms in total. The minimum absolute atomic E-state index is 0.733. The number of thiocarbonyl (C=S) groups is 2. The topological polar surface area (TPSA) is 24.5 Å². The predicted octanol–water partition coefficient (Wildman–Crippen LogP) is 4.51. The average molecular weight is 355 g/mol. The number of ether oxygens (including phenoxy) is 1. The lowest BCUT2D eigenvalue weighted by Crippen LogP contribution is -2.29. The van der Waals surface area contributed by atoms with Crippen LogP contribution in [0.15, 0.2) is 60.3 Å². The van der Waals surface area contributed by atoms with Crippen molar-refractivity contribution in [2.75, 3.05) is 19.0 Å². The van der Waals surface area contributed by atoms with Gasteiger partial charge in [0, 0.05) is 17.8 Å². The largest absolute Gasteiger partial charge is 0.497 e. The third-order valence-corrected chi connectivity index (χ3v) is 4.76. The second-order valence-electron chi connectivity index (χ2n) is 5.32. The van der Waals surface area contributed by atoms with Crippen molar-refractivity contribution in [3.05, 3.63) is 65.9 Å². The number of likely N-dealkylation sites (N-methyl/N-ethyl adjacent to an activating group) is 1. The highest BCUT2D eigenvalue weighted by molar-refractivity contribution is 7.83. The Morgan fingerprint density at radius 1 is 0.958 bits per heavy atom. The molecule has 5 heteroatoms. The molecule has 1 heterocycles. The highest BCUT2D eigenvalue weighted by Crippen LogP contribution is 2.32. The molecule has 1 aliphatic rings. The molecule has 0 saturated heterocycles. The average Bonchev–Trinajstić information content (AvgIpc) is 2.86. The molecule has 3 rings (SSSR count). The number of methoxy groups -OCH3 is 1. The molecule has 0 atom stereocenters. The maximum atomic E-state index is 5.67. The van der Waals surface area contributed by atoms with E-state index in [-0.39, 0.29) is 0 Å². The molecule has 0 amide bonds. The first-order valence-corrected chi connectivity index (χ1v) is 8.54. The van der Waals surface area contributed by atoms with E-state index in [0.29, 0.717) is 0 Å². The van der Waals surface area contributed by atoms with Gasteiger partial charge < -0.3 is 15.0 Å². The zero-order chi connectivity index (χ0) is 17.1. The van der Waals surface area contributed by atoms with Gasteiger partial charge in [0.25, 0.3) is 0 Å². The third kappa shape index (κ3) is 3.05. The number of hydrogen-bond acceptors (Lipinski definition) is 4. The molecule has 0 saturated carbocycles. The molecule has 0 radical (unpaired) electrons. The van der Waals surface area contributed by atoms with Crippen LogP contribution < -0.4 is 10.1 Å². The van der Waals surface area contributed by atoms with E-state index in [1.165, 1.54) is 0 Å². The minimum Gasteiger partial charge on any atom is -0.497 e. The summed E-state index contributed by atoms with van der Waals surface area (Å²) >= 11 is 11.3. The van der Waals surface area contributed by atoms with Crippen molar-refractivity contribution in [3.8, 4) is 5.75 Å². The van der Waals surface area contributed by atoms with Crippen molar-refractivity contribution in [3.63, 3.8) is 0 Å². The summed E-state index contributed by atoms with van der Waals surface area (Å²) in [4.78, 5) is 3.49. The van der Waals surface area contributed by atoms with Gasteiger partial charge in [-0.1, -0.05) is 54.8 Å². The Morgan fingerprint density at radius 2 is 1.62 bits per heavy atom. The molecule has 24 heavy (non-hydrogen) atoms. The SMILES string of the molecule is CCN1C(=S)C(Nc2ccc(OC)cc2)=C(c2ccccc2)C1=S. The fourth-order valence-corrected chi connectivity index (χ4v) is 3.54. The van der Waals surface area contributed by atoms with Crippen molar-refractivity contribution in [2.45, 2.75) is 6.92 Å². The van der Waals surface area contributed by atoms with Gasteiger partial charge in [-0.25, -0.2) is 0 Å². The fourth-order valence-electron chi connectivity index (χ4n) is 2.67. The van der Waals surface area contributed by atoms with Crippen LogP contribution in [0.4, 0.5) is 5.69 Å². The monoisotopic (exact) mass is 354 g/mol. The Kier molecular flexibility index (Phi) is 4.92. The fraction of sp³-hybridized carbons (Fsp3) is 0.158. The Morgan fingerprint density at radius 3 is 2.21 bits per heavy atom. The van der Waals surface area contributed by atoms with Crippen LogP contribution >= 0.6 is 24.4 Å². The van der Waals surface area contributed by atoms with Gasteiger partial charge in [-0.15, -0.1) is 0 Å². The molecular formula is C19H18N2OS2. The highest BCUT2D eigenvalue weighted by atomic mass is 32.1. The number of anilines is 1. The van der Waals surface area contributed by atoms with E-state index in [1.54, 1.807) is 7.11 Å². The number of hydrogen-bond donors (Lipinski definition) is 1. The lowest BCUT2D eigenvalue weighted by molar-refractivity contribution is 0.415. The molecule has 2 aromatic carbocycles. The van der Waals surface area contributed by atoms with Crippen LogP contribution in [0.5, 0.6) is 5.75 Å². The number of nitrogens with zero attached hydrogens (tertiary/aromatic N) is 1.